The summed E-state index contributed by atoms with van der Waals surface area (Å²) in [5, 5.41) is 26.1. The van der Waals surface area contributed by atoms with Crippen molar-refractivity contribution < 1.29 is 9.85 Å². The van der Waals surface area contributed by atoms with E-state index in [2.05, 4.69) is 16.4 Å². The van der Waals surface area contributed by atoms with Gasteiger partial charge in [-0.05, 0) is 25.3 Å². The molecule has 1 fully saturated rings. The molecule has 0 aromatic heterocycles. The van der Waals surface area contributed by atoms with Gasteiger partial charge in [-0.2, -0.15) is 5.10 Å². The number of non-ortho nitro benzene ring substituents is 1. The van der Waals surface area contributed by atoms with Gasteiger partial charge in [-0.1, -0.05) is 6.42 Å². The molecule has 120 valence electrons. The molecule has 0 radical (unpaired) electrons. The molecule has 2 rings (SSSR count). The van der Waals surface area contributed by atoms with Crippen LogP contribution in [-0.2, 0) is 0 Å². The molecule has 0 bridgehead atoms. The fraction of sp³-hybridized carbons (Fsp3) is 0.400. The molecule has 0 unspecified atom stereocenters. The smallest absolute Gasteiger partial charge is 0.272 e. The van der Waals surface area contributed by atoms with Crippen molar-refractivity contribution in [2.75, 3.05) is 5.43 Å². The number of benzene rings is 1. The highest BCUT2D eigenvalue weighted by Crippen LogP contribution is 2.30. The minimum atomic E-state index is -0.674. The summed E-state index contributed by atoms with van der Waals surface area (Å²) >= 11 is 0. The maximum atomic E-state index is 11.1. The summed E-state index contributed by atoms with van der Waals surface area (Å²) in [4.78, 5) is 20.5. The zero-order chi connectivity index (χ0) is 16.8. The van der Waals surface area contributed by atoms with Crippen LogP contribution in [0.5, 0.6) is 0 Å². The molecule has 1 aliphatic rings. The third-order valence-corrected chi connectivity index (χ3v) is 3.78. The lowest BCUT2D eigenvalue weighted by molar-refractivity contribution is -0.393. The fourth-order valence-electron chi connectivity index (χ4n) is 2.59. The van der Waals surface area contributed by atoms with Crippen LogP contribution in [0.15, 0.2) is 23.3 Å². The molecule has 8 heteroatoms. The van der Waals surface area contributed by atoms with Gasteiger partial charge in [0, 0.05) is 24.1 Å². The van der Waals surface area contributed by atoms with Crippen LogP contribution in [0, 0.1) is 38.5 Å². The summed E-state index contributed by atoms with van der Waals surface area (Å²) < 4.78 is 0. The van der Waals surface area contributed by atoms with Crippen LogP contribution in [0.4, 0.5) is 17.1 Å². The Balaban J connectivity index is 2.25. The fourth-order valence-corrected chi connectivity index (χ4v) is 2.59. The molecule has 8 nitrogen and oxygen atoms in total. The molecule has 1 aliphatic carbocycles. The Labute approximate surface area is 132 Å². The van der Waals surface area contributed by atoms with Crippen molar-refractivity contribution in [1.29, 1.82) is 0 Å². The molecule has 0 amide bonds. The van der Waals surface area contributed by atoms with Gasteiger partial charge in [-0.15, -0.1) is 12.3 Å². The first-order valence-corrected chi connectivity index (χ1v) is 7.21. The van der Waals surface area contributed by atoms with Crippen LogP contribution in [0.3, 0.4) is 0 Å². The van der Waals surface area contributed by atoms with E-state index >= 15 is 0 Å². The van der Waals surface area contributed by atoms with E-state index in [4.69, 9.17) is 6.42 Å². The third kappa shape index (κ3) is 4.03. The molecule has 1 aromatic carbocycles. The lowest BCUT2D eigenvalue weighted by atomic mass is 9.85. The van der Waals surface area contributed by atoms with Gasteiger partial charge in [-0.25, -0.2) is 0 Å². The number of nitrogens with one attached hydrogen (secondary N) is 1. The Bertz CT molecular complexity index is 693. The van der Waals surface area contributed by atoms with Crippen LogP contribution < -0.4 is 5.43 Å². The Hall–Kier alpha value is -2.95. The van der Waals surface area contributed by atoms with Crippen molar-refractivity contribution in [3.8, 4) is 12.3 Å². The van der Waals surface area contributed by atoms with Gasteiger partial charge >= 0.3 is 5.69 Å². The van der Waals surface area contributed by atoms with Gasteiger partial charge in [0.25, 0.3) is 5.69 Å². The second kappa shape index (κ2) is 7.35. The van der Waals surface area contributed by atoms with E-state index in [1.807, 2.05) is 0 Å². The number of nitrogens with zero attached hydrogens (tertiary/aromatic N) is 3. The number of anilines is 1. The van der Waals surface area contributed by atoms with E-state index in [9.17, 15) is 20.2 Å². The number of nitro groups is 2. The third-order valence-electron chi connectivity index (χ3n) is 3.78. The molecular weight excluding hydrogens is 300 g/mol. The number of nitro benzene ring substituents is 2. The molecule has 1 saturated carbocycles. The zero-order valence-electron chi connectivity index (χ0n) is 12.4. The Kier molecular flexibility index (Phi) is 5.25. The summed E-state index contributed by atoms with van der Waals surface area (Å²) in [5.41, 5.74) is 2.97. The van der Waals surface area contributed by atoms with Crippen molar-refractivity contribution in [3.05, 3.63) is 38.4 Å². The molecule has 0 aliphatic heterocycles. The maximum absolute atomic E-state index is 11.1. The van der Waals surface area contributed by atoms with Crippen molar-refractivity contribution in [2.45, 2.75) is 32.1 Å². The number of hydrogen-bond donors (Lipinski definition) is 1. The van der Waals surface area contributed by atoms with Gasteiger partial charge in [-0.3, -0.25) is 25.7 Å². The zero-order valence-corrected chi connectivity index (χ0v) is 12.4. The topological polar surface area (TPSA) is 111 Å². The van der Waals surface area contributed by atoms with Crippen LogP contribution in [0.2, 0.25) is 0 Å². The molecule has 0 saturated heterocycles. The molecule has 1 atom stereocenters. The number of rotatable bonds is 5. The van der Waals surface area contributed by atoms with Crippen LogP contribution in [0.1, 0.15) is 32.1 Å². The summed E-state index contributed by atoms with van der Waals surface area (Å²) in [7, 11) is 0. The highest BCUT2D eigenvalue weighted by Gasteiger charge is 2.22. The molecular formula is C15H16N4O4. The molecule has 1 aromatic rings. The summed E-state index contributed by atoms with van der Waals surface area (Å²) in [6, 6.07) is 3.41. The molecule has 23 heavy (non-hydrogen) atoms. The van der Waals surface area contributed by atoms with Crippen molar-refractivity contribution >= 4 is 22.8 Å². The van der Waals surface area contributed by atoms with E-state index < -0.39 is 9.85 Å². The van der Waals surface area contributed by atoms with Gasteiger partial charge in [0.05, 0.1) is 15.9 Å². The number of hydrogen-bond acceptors (Lipinski definition) is 6. The van der Waals surface area contributed by atoms with Crippen LogP contribution >= 0.6 is 0 Å². The normalized spacial score (nSPS) is 19.1. The number of terminal acetylenes is 1. The van der Waals surface area contributed by atoms with Gasteiger partial charge in [0.2, 0.25) is 0 Å². The monoisotopic (exact) mass is 316 g/mol. The lowest BCUT2D eigenvalue weighted by Crippen LogP contribution is -2.20. The second-order valence-corrected chi connectivity index (χ2v) is 5.28. The van der Waals surface area contributed by atoms with E-state index in [1.165, 1.54) is 12.1 Å². The van der Waals surface area contributed by atoms with E-state index in [-0.39, 0.29) is 23.0 Å². The van der Waals surface area contributed by atoms with E-state index in [0.717, 1.165) is 37.5 Å². The van der Waals surface area contributed by atoms with Crippen molar-refractivity contribution in [3.63, 3.8) is 0 Å². The van der Waals surface area contributed by atoms with Crippen molar-refractivity contribution in [2.24, 2.45) is 11.0 Å². The predicted molar refractivity (Wildman–Crippen MR) is 86.2 cm³/mol. The maximum Gasteiger partial charge on any atom is 0.301 e. The highest BCUT2D eigenvalue weighted by atomic mass is 16.6. The van der Waals surface area contributed by atoms with E-state index in [1.54, 1.807) is 0 Å². The molecule has 1 N–H and O–H groups in total. The SMILES string of the molecule is C#CC[C@H]1CCCC/C1=N\Nc1ccc([N+](=O)[O-])cc1[N+](=O)[O-]. The van der Waals surface area contributed by atoms with Gasteiger partial charge in [0.15, 0.2) is 0 Å². The number of hydrazone groups is 1. The first kappa shape index (κ1) is 16.4. The standard InChI is InChI=1S/C15H16N4O4/c1-2-5-11-6-3-4-7-13(11)16-17-14-9-8-12(18(20)21)10-15(14)19(22)23/h1,8-11,17H,3-7H2/b16-13+/t11-/m0/s1. The average molecular weight is 316 g/mol. The molecule has 0 heterocycles. The van der Waals surface area contributed by atoms with Crippen molar-refractivity contribution in [1.82, 2.24) is 0 Å². The minimum Gasteiger partial charge on any atom is -0.272 e. The summed E-state index contributed by atoms with van der Waals surface area (Å²) in [5.74, 6) is 2.80. The highest BCUT2D eigenvalue weighted by molar-refractivity contribution is 5.88. The average Bonchev–Trinajstić information content (AvgIpc) is 2.54. The van der Waals surface area contributed by atoms with Crippen LogP contribution in [0.25, 0.3) is 0 Å². The predicted octanol–water partition coefficient (Wildman–Crippen LogP) is 3.48. The van der Waals surface area contributed by atoms with E-state index in [0.29, 0.717) is 6.42 Å². The first-order valence-electron chi connectivity index (χ1n) is 7.21. The summed E-state index contributed by atoms with van der Waals surface area (Å²) in [6.07, 6.45) is 9.78. The first-order chi connectivity index (χ1) is 11.0. The minimum absolute atomic E-state index is 0.123. The second-order valence-electron chi connectivity index (χ2n) is 5.28. The Morgan fingerprint density at radius 2 is 2.09 bits per heavy atom. The molecule has 0 spiro atoms. The Morgan fingerprint density at radius 3 is 2.74 bits per heavy atom. The summed E-state index contributed by atoms with van der Waals surface area (Å²) in [6.45, 7) is 0. The van der Waals surface area contributed by atoms with Crippen LogP contribution in [-0.4, -0.2) is 15.6 Å². The quantitative estimate of drug-likeness (QED) is 0.508. The van der Waals surface area contributed by atoms with Gasteiger partial charge < -0.3 is 0 Å². The lowest BCUT2D eigenvalue weighted by Gasteiger charge is -2.22. The Morgan fingerprint density at radius 1 is 1.30 bits per heavy atom. The largest absolute Gasteiger partial charge is 0.301 e. The van der Waals surface area contributed by atoms with Gasteiger partial charge in [0.1, 0.15) is 5.69 Å².